The monoisotopic (exact) mass is 280 g/mol. The Balaban J connectivity index is 1.68. The van der Waals surface area contributed by atoms with Crippen LogP contribution in [0.25, 0.3) is 0 Å². The minimum absolute atomic E-state index is 0.0462. The molecule has 2 fully saturated rings. The van der Waals surface area contributed by atoms with Crippen molar-refractivity contribution in [3.05, 3.63) is 11.1 Å². The van der Waals surface area contributed by atoms with Crippen LogP contribution in [0.2, 0.25) is 0 Å². The Hall–Kier alpha value is -1.50. The summed E-state index contributed by atoms with van der Waals surface area (Å²) < 4.78 is 3.73. The molecule has 1 N–H and O–H groups in total. The molecule has 7 heteroatoms. The van der Waals surface area contributed by atoms with Gasteiger partial charge in [0.15, 0.2) is 5.69 Å². The van der Waals surface area contributed by atoms with Crippen LogP contribution in [0.3, 0.4) is 0 Å². The highest BCUT2D eigenvalue weighted by Gasteiger charge is 2.39. The second kappa shape index (κ2) is 4.88. The number of hydrogen-bond acceptors (Lipinski definition) is 5. The quantitative estimate of drug-likeness (QED) is 0.826. The smallest absolute Gasteiger partial charge is 0.275 e. The van der Waals surface area contributed by atoms with Gasteiger partial charge in [0.2, 0.25) is 5.91 Å². The van der Waals surface area contributed by atoms with Gasteiger partial charge in [0, 0.05) is 30.4 Å². The van der Waals surface area contributed by atoms with Crippen LogP contribution in [-0.4, -0.2) is 44.9 Å². The van der Waals surface area contributed by atoms with E-state index in [0.717, 1.165) is 32.2 Å². The summed E-state index contributed by atoms with van der Waals surface area (Å²) in [7, 11) is 0. The van der Waals surface area contributed by atoms with Crippen molar-refractivity contribution in [2.75, 3.05) is 13.1 Å². The Morgan fingerprint density at radius 2 is 2.26 bits per heavy atom. The average molecular weight is 280 g/mol. The second-order valence-electron chi connectivity index (χ2n) is 5.26. The van der Waals surface area contributed by atoms with E-state index in [1.54, 1.807) is 5.38 Å². The molecule has 1 spiro atoms. The maximum atomic E-state index is 12.2. The number of nitrogens with one attached hydrogen (secondary N) is 1. The van der Waals surface area contributed by atoms with Gasteiger partial charge in [0.1, 0.15) is 0 Å². The molecule has 102 valence electrons. The minimum atomic E-state index is -0.0769. The molecule has 0 radical (unpaired) electrons. The number of likely N-dealkylation sites (tertiary alicyclic amines) is 1. The number of rotatable bonds is 1. The van der Waals surface area contributed by atoms with Crippen molar-refractivity contribution in [2.45, 2.75) is 37.6 Å². The summed E-state index contributed by atoms with van der Waals surface area (Å²) in [6, 6.07) is 0. The standard InChI is InChI=1S/C12H16N4O2S/c17-10-2-4-12(13-10)3-1-6-16(7-5-12)11(18)9-8-19-15-14-9/h8H,1-7H2,(H,13,17). The molecule has 1 aromatic rings. The lowest BCUT2D eigenvalue weighted by atomic mass is 9.89. The minimum Gasteiger partial charge on any atom is -0.351 e. The van der Waals surface area contributed by atoms with Crippen molar-refractivity contribution in [2.24, 2.45) is 0 Å². The molecule has 1 unspecified atom stereocenters. The summed E-state index contributed by atoms with van der Waals surface area (Å²) in [5, 5.41) is 8.61. The molecule has 2 saturated heterocycles. The van der Waals surface area contributed by atoms with Crippen LogP contribution >= 0.6 is 11.5 Å². The van der Waals surface area contributed by atoms with E-state index in [1.165, 1.54) is 11.5 Å². The van der Waals surface area contributed by atoms with Gasteiger partial charge < -0.3 is 10.2 Å². The Labute approximate surface area is 115 Å². The summed E-state index contributed by atoms with van der Waals surface area (Å²) in [5.74, 6) is 0.0959. The van der Waals surface area contributed by atoms with E-state index in [2.05, 4.69) is 14.9 Å². The number of amides is 2. The topological polar surface area (TPSA) is 75.2 Å². The molecule has 2 aliphatic rings. The molecule has 1 atom stereocenters. The van der Waals surface area contributed by atoms with Crippen molar-refractivity contribution in [1.29, 1.82) is 0 Å². The van der Waals surface area contributed by atoms with Gasteiger partial charge in [0.25, 0.3) is 5.91 Å². The maximum absolute atomic E-state index is 12.2. The van der Waals surface area contributed by atoms with E-state index in [9.17, 15) is 9.59 Å². The zero-order chi connectivity index (χ0) is 13.3. The van der Waals surface area contributed by atoms with E-state index in [1.807, 2.05) is 4.90 Å². The summed E-state index contributed by atoms with van der Waals surface area (Å²) in [5.41, 5.74) is 0.350. The molecule has 0 aromatic carbocycles. The zero-order valence-corrected chi connectivity index (χ0v) is 11.4. The molecule has 6 nitrogen and oxygen atoms in total. The molecule has 0 bridgehead atoms. The first-order valence-electron chi connectivity index (χ1n) is 6.56. The first kappa shape index (κ1) is 12.5. The Morgan fingerprint density at radius 1 is 1.37 bits per heavy atom. The van der Waals surface area contributed by atoms with Gasteiger partial charge in [-0.1, -0.05) is 4.49 Å². The SMILES string of the molecule is O=C1CCC2(CCCN(C(=O)c3csnn3)CC2)N1. The van der Waals surface area contributed by atoms with Gasteiger partial charge in [-0.15, -0.1) is 5.10 Å². The number of carbonyl (C=O) groups excluding carboxylic acids is 2. The van der Waals surface area contributed by atoms with Gasteiger partial charge in [-0.3, -0.25) is 9.59 Å². The first-order valence-corrected chi connectivity index (χ1v) is 7.40. The Kier molecular flexibility index (Phi) is 3.22. The lowest BCUT2D eigenvalue weighted by molar-refractivity contribution is -0.119. The first-order chi connectivity index (χ1) is 9.19. The van der Waals surface area contributed by atoms with E-state index in [-0.39, 0.29) is 17.4 Å². The van der Waals surface area contributed by atoms with Crippen molar-refractivity contribution < 1.29 is 9.59 Å². The van der Waals surface area contributed by atoms with Gasteiger partial charge in [0.05, 0.1) is 0 Å². The van der Waals surface area contributed by atoms with E-state index < -0.39 is 0 Å². The van der Waals surface area contributed by atoms with Crippen LogP contribution in [0, 0.1) is 0 Å². The zero-order valence-electron chi connectivity index (χ0n) is 10.6. The molecular formula is C12H16N4O2S. The normalized spacial score (nSPS) is 27.4. The van der Waals surface area contributed by atoms with Crippen molar-refractivity contribution in [1.82, 2.24) is 19.8 Å². The maximum Gasteiger partial charge on any atom is 0.275 e. The molecule has 2 amide bonds. The number of nitrogens with zero attached hydrogens (tertiary/aromatic N) is 3. The summed E-state index contributed by atoms with van der Waals surface area (Å²) in [4.78, 5) is 25.5. The van der Waals surface area contributed by atoms with Crippen molar-refractivity contribution in [3.63, 3.8) is 0 Å². The molecule has 19 heavy (non-hydrogen) atoms. The van der Waals surface area contributed by atoms with Crippen LogP contribution in [-0.2, 0) is 4.79 Å². The molecule has 2 aliphatic heterocycles. The van der Waals surface area contributed by atoms with Gasteiger partial charge in [-0.05, 0) is 37.2 Å². The predicted molar refractivity (Wildman–Crippen MR) is 69.8 cm³/mol. The van der Waals surface area contributed by atoms with Gasteiger partial charge >= 0.3 is 0 Å². The van der Waals surface area contributed by atoms with Crippen LogP contribution in [0.15, 0.2) is 5.38 Å². The highest BCUT2D eigenvalue weighted by molar-refractivity contribution is 7.03. The predicted octanol–water partition coefficient (Wildman–Crippen LogP) is 0.813. The number of hydrogen-bond donors (Lipinski definition) is 1. The molecule has 0 saturated carbocycles. The third kappa shape index (κ3) is 2.47. The lowest BCUT2D eigenvalue weighted by Crippen LogP contribution is -2.42. The molecule has 3 rings (SSSR count). The molecule has 1 aromatic heterocycles. The third-order valence-electron chi connectivity index (χ3n) is 4.05. The van der Waals surface area contributed by atoms with Crippen LogP contribution < -0.4 is 5.32 Å². The molecular weight excluding hydrogens is 264 g/mol. The van der Waals surface area contributed by atoms with Crippen LogP contribution in [0.5, 0.6) is 0 Å². The third-order valence-corrected chi connectivity index (χ3v) is 4.55. The lowest BCUT2D eigenvalue weighted by Gasteiger charge is -2.27. The average Bonchev–Trinajstić information content (AvgIpc) is 2.98. The highest BCUT2D eigenvalue weighted by atomic mass is 32.1. The van der Waals surface area contributed by atoms with Crippen molar-refractivity contribution >= 4 is 23.3 Å². The van der Waals surface area contributed by atoms with Gasteiger partial charge in [-0.25, -0.2) is 0 Å². The number of carbonyl (C=O) groups is 2. The number of aromatic nitrogens is 2. The van der Waals surface area contributed by atoms with Crippen LogP contribution in [0.4, 0.5) is 0 Å². The van der Waals surface area contributed by atoms with Gasteiger partial charge in [-0.2, -0.15) is 0 Å². The highest BCUT2D eigenvalue weighted by Crippen LogP contribution is 2.31. The molecule has 0 aliphatic carbocycles. The van der Waals surface area contributed by atoms with Crippen LogP contribution in [0.1, 0.15) is 42.6 Å². The summed E-state index contributed by atoms with van der Waals surface area (Å²) >= 11 is 1.19. The van der Waals surface area contributed by atoms with E-state index >= 15 is 0 Å². The summed E-state index contributed by atoms with van der Waals surface area (Å²) in [6.07, 6.45) is 4.22. The fourth-order valence-corrected chi connectivity index (χ4v) is 3.40. The fraction of sp³-hybridized carbons (Fsp3) is 0.667. The second-order valence-corrected chi connectivity index (χ2v) is 5.87. The Bertz CT molecular complexity index is 490. The largest absolute Gasteiger partial charge is 0.351 e. The Morgan fingerprint density at radius 3 is 2.95 bits per heavy atom. The fourth-order valence-electron chi connectivity index (χ4n) is 2.97. The van der Waals surface area contributed by atoms with Crippen molar-refractivity contribution in [3.8, 4) is 0 Å². The summed E-state index contributed by atoms with van der Waals surface area (Å²) in [6.45, 7) is 1.41. The van der Waals surface area contributed by atoms with E-state index in [0.29, 0.717) is 18.7 Å². The molecule has 3 heterocycles. The van der Waals surface area contributed by atoms with E-state index in [4.69, 9.17) is 0 Å².